The highest BCUT2D eigenvalue weighted by Crippen LogP contribution is 2.18. The molecule has 1 aromatic heterocycles. The number of hydrogen-bond donors (Lipinski definition) is 2. The van der Waals surface area contributed by atoms with E-state index in [1.54, 1.807) is 7.11 Å². The van der Waals surface area contributed by atoms with E-state index in [0.717, 1.165) is 40.3 Å². The van der Waals surface area contributed by atoms with Crippen LogP contribution in [-0.4, -0.2) is 37.7 Å². The molecule has 0 aliphatic carbocycles. The number of methoxy groups -OCH3 is 1. The third kappa shape index (κ3) is 6.84. The lowest BCUT2D eigenvalue weighted by molar-refractivity contribution is 0.123. The smallest absolute Gasteiger partial charge is 0.191 e. The fourth-order valence-corrected chi connectivity index (χ4v) is 3.04. The molecular formula is C23H29IN4O2. The van der Waals surface area contributed by atoms with Crippen LogP contribution in [0.1, 0.15) is 18.1 Å². The zero-order valence-electron chi connectivity index (χ0n) is 17.4. The van der Waals surface area contributed by atoms with E-state index in [2.05, 4.69) is 28.6 Å². The molecule has 3 aromatic rings. The van der Waals surface area contributed by atoms with Crippen molar-refractivity contribution >= 4 is 40.8 Å². The van der Waals surface area contributed by atoms with Crippen molar-refractivity contribution < 1.29 is 9.47 Å². The summed E-state index contributed by atoms with van der Waals surface area (Å²) in [5.74, 6) is 1.62. The quantitative estimate of drug-likeness (QED) is 0.192. The first kappa shape index (κ1) is 23.9. The molecule has 30 heavy (non-hydrogen) atoms. The summed E-state index contributed by atoms with van der Waals surface area (Å²) >= 11 is 0. The van der Waals surface area contributed by atoms with E-state index >= 15 is 0 Å². The Morgan fingerprint density at radius 3 is 2.63 bits per heavy atom. The molecule has 7 heteroatoms. The van der Waals surface area contributed by atoms with Crippen molar-refractivity contribution in [2.45, 2.75) is 20.1 Å². The van der Waals surface area contributed by atoms with Gasteiger partial charge in [-0.1, -0.05) is 36.4 Å². The summed E-state index contributed by atoms with van der Waals surface area (Å²) in [6.07, 6.45) is 1.83. The van der Waals surface area contributed by atoms with Crippen LogP contribution in [0.2, 0.25) is 0 Å². The van der Waals surface area contributed by atoms with E-state index in [-0.39, 0.29) is 24.0 Å². The molecule has 0 unspecified atom stereocenters. The van der Waals surface area contributed by atoms with Gasteiger partial charge in [0.1, 0.15) is 5.75 Å². The van der Waals surface area contributed by atoms with Crippen LogP contribution in [0.5, 0.6) is 5.75 Å². The number of nitrogens with zero attached hydrogens (tertiary/aromatic N) is 2. The first-order valence-electron chi connectivity index (χ1n) is 9.86. The van der Waals surface area contributed by atoms with Gasteiger partial charge in [-0.3, -0.25) is 4.98 Å². The van der Waals surface area contributed by atoms with Gasteiger partial charge in [0.2, 0.25) is 0 Å². The summed E-state index contributed by atoms with van der Waals surface area (Å²) < 4.78 is 11.1. The monoisotopic (exact) mass is 520 g/mol. The second-order valence-electron chi connectivity index (χ2n) is 6.47. The maximum Gasteiger partial charge on any atom is 0.191 e. The van der Waals surface area contributed by atoms with E-state index < -0.39 is 0 Å². The number of halogens is 1. The number of ether oxygens (including phenoxy) is 2. The minimum absolute atomic E-state index is 0. The average Bonchev–Trinajstić information content (AvgIpc) is 2.77. The maximum absolute atomic E-state index is 5.78. The van der Waals surface area contributed by atoms with E-state index in [0.29, 0.717) is 26.3 Å². The fraction of sp³-hybridized carbons (Fsp3) is 0.304. The lowest BCUT2D eigenvalue weighted by Crippen LogP contribution is -2.39. The van der Waals surface area contributed by atoms with E-state index in [1.807, 2.05) is 54.7 Å². The second-order valence-corrected chi connectivity index (χ2v) is 6.47. The largest absolute Gasteiger partial charge is 0.496 e. The van der Waals surface area contributed by atoms with Gasteiger partial charge in [-0.05, 0) is 30.7 Å². The number of hydrogen-bond acceptors (Lipinski definition) is 4. The van der Waals surface area contributed by atoms with Crippen molar-refractivity contribution in [3.8, 4) is 5.75 Å². The van der Waals surface area contributed by atoms with Crippen LogP contribution in [0.15, 0.2) is 65.8 Å². The van der Waals surface area contributed by atoms with Crippen molar-refractivity contribution in [2.75, 3.05) is 26.8 Å². The standard InChI is InChI=1S/C23H28N4O2.HI/c1-3-24-23(26-14-15-29-17-19-8-4-7-11-22(19)28-2)27-16-18-12-13-25-21-10-6-5-9-20(18)21;/h4-13H,3,14-17H2,1-2H3,(H2,24,26,27);1H. The van der Waals surface area contributed by atoms with Crippen LogP contribution in [0.25, 0.3) is 10.9 Å². The van der Waals surface area contributed by atoms with Gasteiger partial charge in [0.05, 0.1) is 32.4 Å². The first-order valence-corrected chi connectivity index (χ1v) is 9.86. The first-order chi connectivity index (χ1) is 14.3. The lowest BCUT2D eigenvalue weighted by Gasteiger charge is -2.13. The van der Waals surface area contributed by atoms with Gasteiger partial charge in [-0.15, -0.1) is 24.0 Å². The summed E-state index contributed by atoms with van der Waals surface area (Å²) in [6, 6.07) is 18.0. The molecule has 0 radical (unpaired) electrons. The van der Waals surface area contributed by atoms with Crippen molar-refractivity contribution in [3.63, 3.8) is 0 Å². The summed E-state index contributed by atoms with van der Waals surface area (Å²) in [4.78, 5) is 9.12. The van der Waals surface area contributed by atoms with Gasteiger partial charge in [0.15, 0.2) is 5.96 Å². The number of pyridine rings is 1. The highest BCUT2D eigenvalue weighted by molar-refractivity contribution is 14.0. The normalized spacial score (nSPS) is 11.1. The molecule has 0 spiro atoms. The van der Waals surface area contributed by atoms with Gasteiger partial charge in [-0.2, -0.15) is 0 Å². The van der Waals surface area contributed by atoms with Gasteiger partial charge in [0, 0.05) is 30.2 Å². The Bertz CT molecular complexity index is 944. The Labute approximate surface area is 195 Å². The third-order valence-corrected chi connectivity index (χ3v) is 4.48. The molecule has 0 saturated heterocycles. The highest BCUT2D eigenvalue weighted by atomic mass is 127. The molecule has 3 rings (SSSR count). The molecule has 0 aliphatic rings. The van der Waals surface area contributed by atoms with Crippen LogP contribution < -0.4 is 15.4 Å². The minimum atomic E-state index is 0. The predicted octanol–water partition coefficient (Wildman–Crippen LogP) is 4.13. The maximum atomic E-state index is 5.78. The molecule has 2 N–H and O–H groups in total. The molecular weight excluding hydrogens is 491 g/mol. The summed E-state index contributed by atoms with van der Waals surface area (Å²) in [5, 5.41) is 7.73. The number of fused-ring (bicyclic) bond motifs is 1. The van der Waals surface area contributed by atoms with Crippen molar-refractivity contribution in [2.24, 2.45) is 4.99 Å². The number of aromatic nitrogens is 1. The number of guanidine groups is 1. The van der Waals surface area contributed by atoms with E-state index in [1.165, 1.54) is 0 Å². The Balaban J connectivity index is 0.00000320. The van der Waals surface area contributed by atoms with Gasteiger partial charge in [0.25, 0.3) is 0 Å². The summed E-state index contributed by atoms with van der Waals surface area (Å²) in [6.45, 7) is 5.18. The molecule has 160 valence electrons. The summed E-state index contributed by atoms with van der Waals surface area (Å²) in [5.41, 5.74) is 3.18. The number of aliphatic imine (C=N–C) groups is 1. The summed E-state index contributed by atoms with van der Waals surface area (Å²) in [7, 11) is 1.67. The molecule has 2 aromatic carbocycles. The second kappa shape index (κ2) is 13.0. The van der Waals surface area contributed by atoms with Crippen LogP contribution in [0.3, 0.4) is 0 Å². The molecule has 0 amide bonds. The van der Waals surface area contributed by atoms with Crippen molar-refractivity contribution in [3.05, 3.63) is 71.9 Å². The molecule has 0 bridgehead atoms. The van der Waals surface area contributed by atoms with Gasteiger partial charge < -0.3 is 20.1 Å². The van der Waals surface area contributed by atoms with Gasteiger partial charge >= 0.3 is 0 Å². The highest BCUT2D eigenvalue weighted by Gasteiger charge is 2.03. The van der Waals surface area contributed by atoms with Gasteiger partial charge in [-0.25, -0.2) is 4.99 Å². The van der Waals surface area contributed by atoms with Crippen LogP contribution in [0.4, 0.5) is 0 Å². The fourth-order valence-electron chi connectivity index (χ4n) is 3.04. The Morgan fingerprint density at radius 2 is 1.80 bits per heavy atom. The zero-order valence-corrected chi connectivity index (χ0v) is 19.8. The topological polar surface area (TPSA) is 67.8 Å². The number of rotatable bonds is 9. The van der Waals surface area contributed by atoms with Crippen LogP contribution in [0, 0.1) is 0 Å². The molecule has 0 fully saturated rings. The van der Waals surface area contributed by atoms with Crippen molar-refractivity contribution in [1.29, 1.82) is 0 Å². The zero-order chi connectivity index (χ0) is 20.3. The molecule has 0 saturated carbocycles. The number of nitrogens with one attached hydrogen (secondary N) is 2. The molecule has 0 aliphatic heterocycles. The van der Waals surface area contributed by atoms with E-state index in [4.69, 9.17) is 14.5 Å². The van der Waals surface area contributed by atoms with Crippen molar-refractivity contribution in [1.82, 2.24) is 15.6 Å². The number of para-hydroxylation sites is 2. The molecule has 0 atom stereocenters. The lowest BCUT2D eigenvalue weighted by atomic mass is 10.1. The minimum Gasteiger partial charge on any atom is -0.496 e. The Hall–Kier alpha value is -2.39. The Morgan fingerprint density at radius 1 is 1.00 bits per heavy atom. The third-order valence-electron chi connectivity index (χ3n) is 4.48. The molecule has 1 heterocycles. The number of benzene rings is 2. The Kier molecular flexibility index (Phi) is 10.4. The van der Waals surface area contributed by atoms with Crippen LogP contribution >= 0.6 is 24.0 Å². The average molecular weight is 520 g/mol. The predicted molar refractivity (Wildman–Crippen MR) is 133 cm³/mol. The van der Waals surface area contributed by atoms with E-state index in [9.17, 15) is 0 Å². The van der Waals surface area contributed by atoms with Crippen LogP contribution in [-0.2, 0) is 17.9 Å². The molecule has 6 nitrogen and oxygen atoms in total. The SMILES string of the molecule is CCNC(=NCc1ccnc2ccccc12)NCCOCc1ccccc1OC.I.